The van der Waals surface area contributed by atoms with Gasteiger partial charge in [0, 0.05) is 7.05 Å². The maximum absolute atomic E-state index is 13.1. The van der Waals surface area contributed by atoms with E-state index < -0.39 is 59.8 Å². The number of carbonyl (C=O) groups excluding carboxylic acids is 4. The standard InChI is InChI=1S/C23H20F3N5O4/c1-22(15-9-7-14(11-27)8-10-15)20(34)31(21(35)29-22)13-19(33)30(2)12-18(32)28-17-6-4-3-5-16(17)23(24,25)26/h3-10H,12-13H2,1-2H3,(H,28,32)(H,29,35). The number of likely N-dealkylation sites (N-methyl/N-ethyl adjacent to an activating group) is 1. The molecule has 0 bridgehead atoms. The van der Waals surface area contributed by atoms with Crippen molar-refractivity contribution in [1.82, 2.24) is 15.1 Å². The number of carbonyl (C=O) groups is 4. The zero-order chi connectivity index (χ0) is 26.0. The summed E-state index contributed by atoms with van der Waals surface area (Å²) in [5, 5.41) is 13.6. The minimum Gasteiger partial charge on any atom is -0.335 e. The molecule has 35 heavy (non-hydrogen) atoms. The Morgan fingerprint density at radius 1 is 1.14 bits per heavy atom. The largest absolute Gasteiger partial charge is 0.418 e. The van der Waals surface area contributed by atoms with Gasteiger partial charge in [0.1, 0.15) is 12.1 Å². The van der Waals surface area contributed by atoms with Gasteiger partial charge >= 0.3 is 12.2 Å². The topological polar surface area (TPSA) is 123 Å². The second kappa shape index (κ2) is 9.46. The Hall–Kier alpha value is -4.40. The van der Waals surface area contributed by atoms with Crippen molar-refractivity contribution in [3.05, 3.63) is 65.2 Å². The first-order valence-corrected chi connectivity index (χ1v) is 10.2. The average molecular weight is 487 g/mol. The summed E-state index contributed by atoms with van der Waals surface area (Å²) in [7, 11) is 1.22. The third-order valence-electron chi connectivity index (χ3n) is 5.47. The third kappa shape index (κ3) is 5.24. The van der Waals surface area contributed by atoms with Gasteiger partial charge in [-0.05, 0) is 36.8 Å². The van der Waals surface area contributed by atoms with Crippen LogP contribution in [-0.4, -0.2) is 53.7 Å². The summed E-state index contributed by atoms with van der Waals surface area (Å²) >= 11 is 0. The maximum atomic E-state index is 13.1. The average Bonchev–Trinajstić information content (AvgIpc) is 3.02. The van der Waals surface area contributed by atoms with Crippen molar-refractivity contribution in [3.63, 3.8) is 0 Å². The van der Waals surface area contributed by atoms with Crippen molar-refractivity contribution in [1.29, 1.82) is 5.26 Å². The van der Waals surface area contributed by atoms with Crippen LogP contribution in [0.25, 0.3) is 0 Å². The molecule has 5 amide bonds. The number of hydrogen-bond donors (Lipinski definition) is 2. The van der Waals surface area contributed by atoms with E-state index in [-0.39, 0.29) is 0 Å². The third-order valence-corrected chi connectivity index (χ3v) is 5.47. The number of urea groups is 1. The number of anilines is 1. The van der Waals surface area contributed by atoms with E-state index in [0.717, 1.165) is 17.0 Å². The first-order chi connectivity index (χ1) is 16.4. The molecule has 1 aliphatic rings. The Bertz CT molecular complexity index is 1220. The Morgan fingerprint density at radius 3 is 2.37 bits per heavy atom. The highest BCUT2D eigenvalue weighted by Crippen LogP contribution is 2.34. The van der Waals surface area contributed by atoms with Crippen LogP contribution in [-0.2, 0) is 26.1 Å². The second-order valence-corrected chi connectivity index (χ2v) is 7.98. The Balaban J connectivity index is 1.65. The minimum atomic E-state index is -4.68. The molecule has 182 valence electrons. The fourth-order valence-electron chi connectivity index (χ4n) is 3.50. The first-order valence-electron chi connectivity index (χ1n) is 10.2. The second-order valence-electron chi connectivity index (χ2n) is 7.98. The molecule has 1 heterocycles. The number of alkyl halides is 3. The molecule has 1 unspecified atom stereocenters. The van der Waals surface area contributed by atoms with Crippen LogP contribution in [0.5, 0.6) is 0 Å². The lowest BCUT2D eigenvalue weighted by Crippen LogP contribution is -2.45. The van der Waals surface area contributed by atoms with Crippen LogP contribution in [0.1, 0.15) is 23.6 Å². The molecule has 1 saturated heterocycles. The van der Waals surface area contributed by atoms with E-state index in [2.05, 4.69) is 10.6 Å². The molecule has 12 heteroatoms. The molecule has 3 rings (SSSR count). The lowest BCUT2D eigenvalue weighted by atomic mass is 9.91. The van der Waals surface area contributed by atoms with Crippen molar-refractivity contribution in [2.24, 2.45) is 0 Å². The molecular formula is C23H20F3N5O4. The smallest absolute Gasteiger partial charge is 0.335 e. The summed E-state index contributed by atoms with van der Waals surface area (Å²) in [4.78, 5) is 51.8. The van der Waals surface area contributed by atoms with Crippen LogP contribution >= 0.6 is 0 Å². The number of halogens is 3. The lowest BCUT2D eigenvalue weighted by Gasteiger charge is -2.23. The van der Waals surface area contributed by atoms with E-state index in [1.807, 2.05) is 6.07 Å². The Kier molecular flexibility index (Phi) is 6.82. The molecule has 1 atom stereocenters. The van der Waals surface area contributed by atoms with Gasteiger partial charge in [0.2, 0.25) is 11.8 Å². The van der Waals surface area contributed by atoms with E-state index in [0.29, 0.717) is 16.0 Å². The molecule has 1 fully saturated rings. The van der Waals surface area contributed by atoms with Gasteiger partial charge in [0.15, 0.2) is 0 Å². The Morgan fingerprint density at radius 2 is 1.77 bits per heavy atom. The van der Waals surface area contributed by atoms with Crippen molar-refractivity contribution in [2.75, 3.05) is 25.5 Å². The first kappa shape index (κ1) is 25.2. The molecule has 9 nitrogen and oxygen atoms in total. The highest BCUT2D eigenvalue weighted by molar-refractivity contribution is 6.09. The number of imide groups is 1. The predicted molar refractivity (Wildman–Crippen MR) is 116 cm³/mol. The number of nitriles is 1. The number of rotatable bonds is 6. The molecule has 0 spiro atoms. The normalized spacial score (nSPS) is 17.5. The quantitative estimate of drug-likeness (QED) is 0.606. The molecule has 1 aliphatic heterocycles. The molecule has 0 aliphatic carbocycles. The summed E-state index contributed by atoms with van der Waals surface area (Å²) in [6.45, 7) is 0.162. The van der Waals surface area contributed by atoms with Crippen LogP contribution in [0.4, 0.5) is 23.7 Å². The molecule has 2 aromatic carbocycles. The highest BCUT2D eigenvalue weighted by Gasteiger charge is 2.49. The van der Waals surface area contributed by atoms with Gasteiger partial charge in [-0.15, -0.1) is 0 Å². The fourth-order valence-corrected chi connectivity index (χ4v) is 3.50. The SMILES string of the molecule is CN(CC(=O)Nc1ccccc1C(F)(F)F)C(=O)CN1C(=O)NC(C)(c2ccc(C#N)cc2)C1=O. The van der Waals surface area contributed by atoms with Crippen LogP contribution in [0.2, 0.25) is 0 Å². The summed E-state index contributed by atoms with van der Waals surface area (Å²) < 4.78 is 39.3. The molecule has 2 aromatic rings. The van der Waals surface area contributed by atoms with Gasteiger partial charge in [-0.3, -0.25) is 19.3 Å². The van der Waals surface area contributed by atoms with Crippen LogP contribution in [0.15, 0.2) is 48.5 Å². The van der Waals surface area contributed by atoms with Crippen molar-refractivity contribution in [3.8, 4) is 6.07 Å². The maximum Gasteiger partial charge on any atom is 0.418 e. The Labute approximate surface area is 198 Å². The van der Waals surface area contributed by atoms with Crippen molar-refractivity contribution >= 4 is 29.4 Å². The van der Waals surface area contributed by atoms with Crippen molar-refractivity contribution < 1.29 is 32.3 Å². The number of benzene rings is 2. The molecule has 0 radical (unpaired) electrons. The van der Waals surface area contributed by atoms with E-state index in [4.69, 9.17) is 5.26 Å². The fraction of sp³-hybridized carbons (Fsp3) is 0.261. The summed E-state index contributed by atoms with van der Waals surface area (Å²) in [6, 6.07) is 11.5. The lowest BCUT2D eigenvalue weighted by molar-refractivity contribution is -0.139. The van der Waals surface area contributed by atoms with E-state index in [1.54, 1.807) is 0 Å². The number of hydrogen-bond acceptors (Lipinski definition) is 5. The summed E-state index contributed by atoms with van der Waals surface area (Å²) in [5.74, 6) is -2.38. The van der Waals surface area contributed by atoms with Gasteiger partial charge < -0.3 is 15.5 Å². The molecule has 0 aromatic heterocycles. The van der Waals surface area contributed by atoms with Crippen LogP contribution in [0, 0.1) is 11.3 Å². The van der Waals surface area contributed by atoms with Gasteiger partial charge in [-0.25, -0.2) is 4.79 Å². The number of amides is 5. The zero-order valence-electron chi connectivity index (χ0n) is 18.6. The summed E-state index contributed by atoms with van der Waals surface area (Å²) in [6.07, 6.45) is -4.68. The van der Waals surface area contributed by atoms with Crippen molar-refractivity contribution in [2.45, 2.75) is 18.6 Å². The highest BCUT2D eigenvalue weighted by atomic mass is 19.4. The predicted octanol–water partition coefficient (Wildman–Crippen LogP) is 2.44. The van der Waals surface area contributed by atoms with E-state index in [9.17, 15) is 32.3 Å². The van der Waals surface area contributed by atoms with Gasteiger partial charge in [0.25, 0.3) is 5.91 Å². The monoisotopic (exact) mass is 487 g/mol. The van der Waals surface area contributed by atoms with Gasteiger partial charge in [-0.1, -0.05) is 24.3 Å². The van der Waals surface area contributed by atoms with E-state index >= 15 is 0 Å². The minimum absolute atomic E-state index is 0.360. The van der Waals surface area contributed by atoms with Crippen LogP contribution in [0.3, 0.4) is 0 Å². The molecular weight excluding hydrogens is 467 g/mol. The number of para-hydroxylation sites is 1. The molecule has 0 saturated carbocycles. The van der Waals surface area contributed by atoms with Gasteiger partial charge in [-0.2, -0.15) is 18.4 Å². The number of nitrogens with one attached hydrogen (secondary N) is 2. The van der Waals surface area contributed by atoms with E-state index in [1.165, 1.54) is 50.4 Å². The van der Waals surface area contributed by atoms with Gasteiger partial charge in [0.05, 0.1) is 29.4 Å². The zero-order valence-corrected chi connectivity index (χ0v) is 18.6. The van der Waals surface area contributed by atoms with Crippen LogP contribution < -0.4 is 10.6 Å². The number of nitrogens with zero attached hydrogens (tertiary/aromatic N) is 3. The summed E-state index contributed by atoms with van der Waals surface area (Å²) in [5.41, 5.74) is -2.20. The molecule has 2 N–H and O–H groups in total.